The van der Waals surface area contributed by atoms with Gasteiger partial charge in [0.05, 0.1) is 0 Å². The van der Waals surface area contributed by atoms with E-state index in [-0.39, 0.29) is 5.75 Å². The Labute approximate surface area is 101 Å². The van der Waals surface area contributed by atoms with Crippen LogP contribution in [-0.2, 0) is 0 Å². The Hall–Kier alpha value is -2.22. The number of phenolic OH excluding ortho intramolecular Hbond substituents is 1. The van der Waals surface area contributed by atoms with Crippen LogP contribution < -0.4 is 5.32 Å². The molecule has 0 fully saturated rings. The van der Waals surface area contributed by atoms with Crippen molar-refractivity contribution in [2.75, 3.05) is 11.9 Å². The molecule has 0 spiro atoms. The van der Waals surface area contributed by atoms with Gasteiger partial charge < -0.3 is 10.4 Å². The smallest absolute Gasteiger partial charge is 0.115 e. The van der Waals surface area contributed by atoms with E-state index in [1.165, 1.54) is 0 Å². The van der Waals surface area contributed by atoms with E-state index >= 15 is 0 Å². The monoisotopic (exact) mass is 225 g/mol. The fraction of sp³-hybridized carbons (Fsp3) is 0.0667. The van der Waals surface area contributed by atoms with Gasteiger partial charge in [-0.15, -0.1) is 6.58 Å². The third-order valence-corrected chi connectivity index (χ3v) is 2.54. The topological polar surface area (TPSA) is 32.3 Å². The predicted octanol–water partition coefficient (Wildman–Crippen LogP) is 3.66. The molecule has 86 valence electrons. The minimum atomic E-state index is 0.290. The summed E-state index contributed by atoms with van der Waals surface area (Å²) < 4.78 is 0. The largest absolute Gasteiger partial charge is 0.508 e. The molecule has 0 saturated carbocycles. The number of hydrogen-bond donors (Lipinski definition) is 2. The van der Waals surface area contributed by atoms with Gasteiger partial charge in [0, 0.05) is 12.2 Å². The molecule has 0 radical (unpaired) electrons. The maximum absolute atomic E-state index is 9.23. The predicted molar refractivity (Wildman–Crippen MR) is 72.2 cm³/mol. The molecule has 2 rings (SSSR count). The highest BCUT2D eigenvalue weighted by molar-refractivity contribution is 5.66. The van der Waals surface area contributed by atoms with Gasteiger partial charge in [-0.3, -0.25) is 0 Å². The van der Waals surface area contributed by atoms with Gasteiger partial charge in [-0.1, -0.05) is 30.3 Å². The third-order valence-electron chi connectivity index (χ3n) is 2.54. The lowest BCUT2D eigenvalue weighted by atomic mass is 10.1. The Balaban J connectivity index is 2.17. The van der Waals surface area contributed by atoms with Crippen molar-refractivity contribution in [2.24, 2.45) is 0 Å². The highest BCUT2D eigenvalue weighted by Crippen LogP contribution is 2.23. The molecule has 2 aromatic carbocycles. The van der Waals surface area contributed by atoms with E-state index in [1.54, 1.807) is 12.1 Å². The Bertz CT molecular complexity index is 485. The van der Waals surface area contributed by atoms with Crippen LogP contribution in [0.25, 0.3) is 11.1 Å². The minimum Gasteiger partial charge on any atom is -0.508 e. The molecule has 17 heavy (non-hydrogen) atoms. The van der Waals surface area contributed by atoms with E-state index in [0.717, 1.165) is 23.4 Å². The minimum absolute atomic E-state index is 0.290. The van der Waals surface area contributed by atoms with Crippen molar-refractivity contribution < 1.29 is 5.11 Å². The highest BCUT2D eigenvalue weighted by atomic mass is 16.3. The molecule has 2 aromatic rings. The Morgan fingerprint density at radius 1 is 0.941 bits per heavy atom. The van der Waals surface area contributed by atoms with E-state index in [9.17, 15) is 5.11 Å². The van der Waals surface area contributed by atoms with Crippen LogP contribution in [0.4, 0.5) is 5.69 Å². The van der Waals surface area contributed by atoms with Gasteiger partial charge in [0.2, 0.25) is 0 Å². The summed E-state index contributed by atoms with van der Waals surface area (Å²) in [6.07, 6.45) is 1.83. The Morgan fingerprint density at radius 2 is 1.47 bits per heavy atom. The Kier molecular flexibility index (Phi) is 3.46. The summed E-state index contributed by atoms with van der Waals surface area (Å²) in [5.41, 5.74) is 3.31. The molecule has 2 nitrogen and oxygen atoms in total. The number of aromatic hydroxyl groups is 1. The molecular weight excluding hydrogens is 210 g/mol. The van der Waals surface area contributed by atoms with Gasteiger partial charge in [0.25, 0.3) is 0 Å². The van der Waals surface area contributed by atoms with E-state index in [2.05, 4.69) is 24.0 Å². The fourth-order valence-corrected chi connectivity index (χ4v) is 1.62. The van der Waals surface area contributed by atoms with E-state index in [0.29, 0.717) is 0 Å². The zero-order chi connectivity index (χ0) is 12.1. The first-order valence-electron chi connectivity index (χ1n) is 5.54. The summed E-state index contributed by atoms with van der Waals surface area (Å²) in [5.74, 6) is 0.290. The maximum Gasteiger partial charge on any atom is 0.115 e. The summed E-state index contributed by atoms with van der Waals surface area (Å²) in [5, 5.41) is 12.4. The van der Waals surface area contributed by atoms with Crippen molar-refractivity contribution in [3.05, 3.63) is 61.2 Å². The van der Waals surface area contributed by atoms with Crippen LogP contribution in [0.15, 0.2) is 61.2 Å². The zero-order valence-electron chi connectivity index (χ0n) is 9.56. The van der Waals surface area contributed by atoms with Crippen LogP contribution in [0.5, 0.6) is 5.75 Å². The second-order valence-corrected chi connectivity index (χ2v) is 3.79. The third kappa shape index (κ3) is 2.88. The lowest BCUT2D eigenvalue weighted by Gasteiger charge is -2.05. The maximum atomic E-state index is 9.23. The van der Waals surface area contributed by atoms with Crippen LogP contribution in [0.3, 0.4) is 0 Å². The molecule has 0 unspecified atom stereocenters. The van der Waals surface area contributed by atoms with Gasteiger partial charge in [-0.2, -0.15) is 0 Å². The second-order valence-electron chi connectivity index (χ2n) is 3.79. The normalized spacial score (nSPS) is 9.88. The van der Waals surface area contributed by atoms with Gasteiger partial charge in [-0.05, 0) is 35.4 Å². The number of nitrogens with one attached hydrogen (secondary N) is 1. The van der Waals surface area contributed by atoms with Crippen molar-refractivity contribution in [3.63, 3.8) is 0 Å². The van der Waals surface area contributed by atoms with Crippen molar-refractivity contribution in [1.29, 1.82) is 0 Å². The molecule has 0 aromatic heterocycles. The summed E-state index contributed by atoms with van der Waals surface area (Å²) in [6.45, 7) is 4.43. The Morgan fingerprint density at radius 3 is 2.00 bits per heavy atom. The molecule has 0 bridgehead atoms. The van der Waals surface area contributed by atoms with E-state index < -0.39 is 0 Å². The molecular formula is C15H15NO. The average Bonchev–Trinajstić information content (AvgIpc) is 2.38. The molecule has 0 saturated heterocycles. The molecule has 0 aliphatic carbocycles. The summed E-state index contributed by atoms with van der Waals surface area (Å²) in [4.78, 5) is 0. The fourth-order valence-electron chi connectivity index (χ4n) is 1.62. The van der Waals surface area contributed by atoms with Crippen LogP contribution in [-0.4, -0.2) is 11.7 Å². The van der Waals surface area contributed by atoms with Crippen LogP contribution in [0.1, 0.15) is 0 Å². The summed E-state index contributed by atoms with van der Waals surface area (Å²) in [7, 11) is 0. The zero-order valence-corrected chi connectivity index (χ0v) is 9.56. The summed E-state index contributed by atoms with van der Waals surface area (Å²) in [6, 6.07) is 15.4. The first-order chi connectivity index (χ1) is 8.29. The average molecular weight is 225 g/mol. The highest BCUT2D eigenvalue weighted by Gasteiger charge is 1.97. The number of benzene rings is 2. The molecule has 2 N–H and O–H groups in total. The molecule has 0 atom stereocenters. The van der Waals surface area contributed by atoms with Gasteiger partial charge >= 0.3 is 0 Å². The van der Waals surface area contributed by atoms with Gasteiger partial charge in [-0.25, -0.2) is 0 Å². The SMILES string of the molecule is C=CCNc1ccc(-c2ccc(O)cc2)cc1. The van der Waals surface area contributed by atoms with E-state index in [1.807, 2.05) is 30.3 Å². The quantitative estimate of drug-likeness (QED) is 0.778. The van der Waals surface area contributed by atoms with Crippen molar-refractivity contribution in [2.45, 2.75) is 0 Å². The standard InChI is InChI=1S/C15H15NO/c1-2-11-16-14-7-3-12(4-8-14)13-5-9-15(17)10-6-13/h2-10,16-17H,1,11H2. The second kappa shape index (κ2) is 5.21. The lowest BCUT2D eigenvalue weighted by molar-refractivity contribution is 0.475. The van der Waals surface area contributed by atoms with Crippen LogP contribution >= 0.6 is 0 Å². The number of hydrogen-bond acceptors (Lipinski definition) is 2. The van der Waals surface area contributed by atoms with Crippen LogP contribution in [0, 0.1) is 0 Å². The molecule has 0 heterocycles. The number of anilines is 1. The van der Waals surface area contributed by atoms with E-state index in [4.69, 9.17) is 0 Å². The van der Waals surface area contributed by atoms with Crippen molar-refractivity contribution in [3.8, 4) is 16.9 Å². The number of phenols is 1. The molecule has 2 heteroatoms. The van der Waals surface area contributed by atoms with Gasteiger partial charge in [0.1, 0.15) is 5.75 Å². The summed E-state index contributed by atoms with van der Waals surface area (Å²) >= 11 is 0. The first kappa shape index (κ1) is 11.3. The lowest BCUT2D eigenvalue weighted by Crippen LogP contribution is -1.96. The number of rotatable bonds is 4. The van der Waals surface area contributed by atoms with Crippen LogP contribution in [0.2, 0.25) is 0 Å². The van der Waals surface area contributed by atoms with Crippen molar-refractivity contribution >= 4 is 5.69 Å². The molecule has 0 aliphatic rings. The molecule has 0 aliphatic heterocycles. The molecule has 0 amide bonds. The first-order valence-corrected chi connectivity index (χ1v) is 5.54. The van der Waals surface area contributed by atoms with Gasteiger partial charge in [0.15, 0.2) is 0 Å². The van der Waals surface area contributed by atoms with Crippen molar-refractivity contribution in [1.82, 2.24) is 0 Å².